The predicted molar refractivity (Wildman–Crippen MR) is 60.5 cm³/mol. The molecule has 0 aromatic carbocycles. The molecular formula is C10H6ClF3N4O2. The van der Waals surface area contributed by atoms with E-state index in [1.54, 1.807) is 0 Å². The largest absolute Gasteiger partial charge is 0.463 e. The van der Waals surface area contributed by atoms with Gasteiger partial charge in [-0.3, -0.25) is 0 Å². The van der Waals surface area contributed by atoms with E-state index in [-0.39, 0.29) is 16.8 Å². The van der Waals surface area contributed by atoms with Crippen LogP contribution in [-0.4, -0.2) is 32.8 Å². The lowest BCUT2D eigenvalue weighted by Gasteiger charge is -2.04. The van der Waals surface area contributed by atoms with Gasteiger partial charge in [-0.1, -0.05) is 11.6 Å². The standard InChI is InChI=1S/C10H6ClF3N4O2/c1-20-9(19)8-16-6(11)2-7(17-8)18-4-5(3-15-18)10(12,13)14/h2-4H,1H3. The molecule has 0 unspecified atom stereocenters. The Balaban J connectivity index is 2.45. The molecule has 2 aromatic heterocycles. The highest BCUT2D eigenvalue weighted by Crippen LogP contribution is 2.29. The number of nitrogens with zero attached hydrogens (tertiary/aromatic N) is 4. The van der Waals surface area contributed by atoms with Crippen LogP contribution in [0.15, 0.2) is 18.5 Å². The lowest BCUT2D eigenvalue weighted by Crippen LogP contribution is -2.11. The fraction of sp³-hybridized carbons (Fsp3) is 0.200. The van der Waals surface area contributed by atoms with Crippen LogP contribution in [0.5, 0.6) is 0 Å². The van der Waals surface area contributed by atoms with E-state index in [0.717, 1.165) is 18.0 Å². The predicted octanol–water partition coefficient (Wildman–Crippen LogP) is 2.12. The Bertz CT molecular complexity index is 656. The molecule has 0 saturated carbocycles. The maximum Gasteiger partial charge on any atom is 0.419 e. The number of methoxy groups -OCH3 is 1. The molecule has 6 nitrogen and oxygen atoms in total. The van der Waals surface area contributed by atoms with Crippen LogP contribution >= 0.6 is 11.6 Å². The van der Waals surface area contributed by atoms with E-state index in [9.17, 15) is 18.0 Å². The van der Waals surface area contributed by atoms with Gasteiger partial charge in [0, 0.05) is 12.3 Å². The molecule has 0 atom stereocenters. The van der Waals surface area contributed by atoms with Gasteiger partial charge in [0.05, 0.1) is 18.9 Å². The van der Waals surface area contributed by atoms with E-state index >= 15 is 0 Å². The number of carbonyl (C=O) groups excluding carboxylic acids is 1. The quantitative estimate of drug-likeness (QED) is 0.628. The molecule has 20 heavy (non-hydrogen) atoms. The van der Waals surface area contributed by atoms with Crippen LogP contribution < -0.4 is 0 Å². The van der Waals surface area contributed by atoms with Crippen LogP contribution in [0.2, 0.25) is 5.15 Å². The van der Waals surface area contributed by atoms with Crippen LogP contribution in [-0.2, 0) is 10.9 Å². The number of alkyl halides is 3. The first-order valence-electron chi connectivity index (χ1n) is 5.06. The summed E-state index contributed by atoms with van der Waals surface area (Å²) in [4.78, 5) is 18.6. The van der Waals surface area contributed by atoms with Gasteiger partial charge in [0.2, 0.25) is 5.82 Å². The van der Waals surface area contributed by atoms with Crippen LogP contribution in [0.3, 0.4) is 0 Å². The van der Waals surface area contributed by atoms with Gasteiger partial charge in [-0.25, -0.2) is 19.4 Å². The smallest absolute Gasteiger partial charge is 0.419 e. The van der Waals surface area contributed by atoms with Crippen LogP contribution in [0.25, 0.3) is 5.82 Å². The van der Waals surface area contributed by atoms with Crippen molar-refractivity contribution < 1.29 is 22.7 Å². The van der Waals surface area contributed by atoms with Gasteiger partial charge >= 0.3 is 12.1 Å². The highest BCUT2D eigenvalue weighted by molar-refractivity contribution is 6.29. The highest BCUT2D eigenvalue weighted by Gasteiger charge is 2.32. The van der Waals surface area contributed by atoms with Gasteiger partial charge < -0.3 is 4.74 Å². The molecule has 0 saturated heterocycles. The van der Waals surface area contributed by atoms with E-state index in [0.29, 0.717) is 6.20 Å². The Hall–Kier alpha value is -2.16. The molecule has 0 amide bonds. The Kier molecular flexibility index (Phi) is 3.62. The summed E-state index contributed by atoms with van der Waals surface area (Å²) in [5, 5.41) is 3.39. The van der Waals surface area contributed by atoms with Crippen molar-refractivity contribution in [2.75, 3.05) is 7.11 Å². The van der Waals surface area contributed by atoms with E-state index in [2.05, 4.69) is 19.8 Å². The monoisotopic (exact) mass is 306 g/mol. The molecule has 0 aliphatic carbocycles. The number of rotatable bonds is 2. The molecule has 0 spiro atoms. The normalized spacial score (nSPS) is 11.4. The van der Waals surface area contributed by atoms with Crippen LogP contribution in [0, 0.1) is 0 Å². The van der Waals surface area contributed by atoms with Crippen LogP contribution in [0.1, 0.15) is 16.2 Å². The summed E-state index contributed by atoms with van der Waals surface area (Å²) in [5.74, 6) is -1.32. The maximum atomic E-state index is 12.5. The average molecular weight is 307 g/mol. The molecule has 106 valence electrons. The SMILES string of the molecule is COC(=O)c1nc(Cl)cc(-n2cc(C(F)(F)F)cn2)n1. The van der Waals surface area contributed by atoms with Crippen molar-refractivity contribution in [3.05, 3.63) is 35.0 Å². The van der Waals surface area contributed by atoms with Gasteiger partial charge in [-0.05, 0) is 0 Å². The Morgan fingerprint density at radius 1 is 1.40 bits per heavy atom. The fourth-order valence-electron chi connectivity index (χ4n) is 1.30. The number of aromatic nitrogens is 4. The third-order valence-electron chi connectivity index (χ3n) is 2.19. The lowest BCUT2D eigenvalue weighted by atomic mass is 10.4. The summed E-state index contributed by atoms with van der Waals surface area (Å²) < 4.78 is 42.7. The molecule has 10 heteroatoms. The molecule has 0 aliphatic heterocycles. The van der Waals surface area contributed by atoms with Gasteiger partial charge in [0.15, 0.2) is 5.82 Å². The number of esters is 1. The number of hydrogen-bond acceptors (Lipinski definition) is 5. The minimum Gasteiger partial charge on any atom is -0.463 e. The number of ether oxygens (including phenoxy) is 1. The molecule has 0 radical (unpaired) electrons. The first kappa shape index (κ1) is 14.3. The van der Waals surface area contributed by atoms with E-state index < -0.39 is 17.7 Å². The molecule has 2 aromatic rings. The molecule has 0 fully saturated rings. The van der Waals surface area contributed by atoms with Crippen molar-refractivity contribution in [3.63, 3.8) is 0 Å². The Morgan fingerprint density at radius 2 is 2.10 bits per heavy atom. The third-order valence-corrected chi connectivity index (χ3v) is 2.39. The Morgan fingerprint density at radius 3 is 2.65 bits per heavy atom. The summed E-state index contributed by atoms with van der Waals surface area (Å²) >= 11 is 5.68. The molecular weight excluding hydrogens is 301 g/mol. The number of halogens is 4. The van der Waals surface area contributed by atoms with E-state index in [1.807, 2.05) is 0 Å². The first-order valence-corrected chi connectivity index (χ1v) is 5.44. The second-order valence-corrected chi connectivity index (χ2v) is 3.92. The van der Waals surface area contributed by atoms with Crippen molar-refractivity contribution in [2.24, 2.45) is 0 Å². The first-order chi connectivity index (χ1) is 9.31. The fourth-order valence-corrected chi connectivity index (χ4v) is 1.48. The summed E-state index contributed by atoms with van der Waals surface area (Å²) in [7, 11) is 1.11. The van der Waals surface area contributed by atoms with Gasteiger partial charge in [-0.15, -0.1) is 0 Å². The Labute approximate surface area is 115 Å². The number of hydrogen-bond donors (Lipinski definition) is 0. The van der Waals surface area contributed by atoms with Crippen molar-refractivity contribution in [1.29, 1.82) is 0 Å². The number of carbonyl (C=O) groups is 1. The van der Waals surface area contributed by atoms with Gasteiger partial charge in [0.1, 0.15) is 5.15 Å². The van der Waals surface area contributed by atoms with Crippen molar-refractivity contribution in [2.45, 2.75) is 6.18 Å². The minimum absolute atomic E-state index is 0.0825. The van der Waals surface area contributed by atoms with Gasteiger partial charge in [0.25, 0.3) is 0 Å². The van der Waals surface area contributed by atoms with Crippen molar-refractivity contribution >= 4 is 17.6 Å². The average Bonchev–Trinajstić information content (AvgIpc) is 2.86. The molecule has 0 N–H and O–H groups in total. The van der Waals surface area contributed by atoms with Crippen molar-refractivity contribution in [1.82, 2.24) is 19.7 Å². The van der Waals surface area contributed by atoms with Crippen molar-refractivity contribution in [3.8, 4) is 5.82 Å². The summed E-state index contributed by atoms with van der Waals surface area (Å²) in [5.41, 5.74) is -0.952. The summed E-state index contributed by atoms with van der Waals surface area (Å²) in [6.45, 7) is 0. The second kappa shape index (κ2) is 5.08. The zero-order valence-corrected chi connectivity index (χ0v) is 10.6. The zero-order valence-electron chi connectivity index (χ0n) is 9.85. The minimum atomic E-state index is -4.53. The van der Waals surface area contributed by atoms with Crippen LogP contribution in [0.4, 0.5) is 13.2 Å². The summed E-state index contributed by atoms with van der Waals surface area (Å²) in [6.07, 6.45) is -3.17. The van der Waals surface area contributed by atoms with E-state index in [1.165, 1.54) is 6.07 Å². The third kappa shape index (κ3) is 2.87. The lowest BCUT2D eigenvalue weighted by molar-refractivity contribution is -0.137. The zero-order chi connectivity index (χ0) is 14.9. The molecule has 2 rings (SSSR count). The van der Waals surface area contributed by atoms with E-state index in [4.69, 9.17) is 11.6 Å². The second-order valence-electron chi connectivity index (χ2n) is 3.54. The molecule has 0 aliphatic rings. The topological polar surface area (TPSA) is 69.9 Å². The van der Waals surface area contributed by atoms with Gasteiger partial charge in [-0.2, -0.15) is 18.3 Å². The summed E-state index contributed by atoms with van der Waals surface area (Å²) in [6, 6.07) is 1.17. The molecule has 2 heterocycles. The maximum absolute atomic E-state index is 12.5. The molecule has 0 bridgehead atoms. The highest BCUT2D eigenvalue weighted by atomic mass is 35.5.